The van der Waals surface area contributed by atoms with Crippen LogP contribution in [-0.4, -0.2) is 81.5 Å². The van der Waals surface area contributed by atoms with Crippen molar-refractivity contribution >= 4 is 17.5 Å². The Morgan fingerprint density at radius 1 is 1.07 bits per heavy atom. The first kappa shape index (κ1) is 29.6. The molecule has 1 aromatic carbocycles. The summed E-state index contributed by atoms with van der Waals surface area (Å²) >= 11 is 0. The van der Waals surface area contributed by atoms with E-state index in [1.54, 1.807) is 0 Å². The number of likely N-dealkylation sites (tertiary alicyclic amines) is 1. The highest BCUT2D eigenvalue weighted by molar-refractivity contribution is 5.97. The molecule has 3 saturated carbocycles. The molecule has 0 radical (unpaired) electrons. The fourth-order valence-electron chi connectivity index (χ4n) is 8.42. The van der Waals surface area contributed by atoms with Crippen molar-refractivity contribution in [3.63, 3.8) is 0 Å². The molecular formula is C34H45FN6O3. The van der Waals surface area contributed by atoms with Crippen LogP contribution >= 0.6 is 0 Å². The summed E-state index contributed by atoms with van der Waals surface area (Å²) in [5, 5.41) is 8.21. The molecule has 3 heterocycles. The van der Waals surface area contributed by atoms with Crippen molar-refractivity contribution in [2.45, 2.75) is 96.6 Å². The first-order valence-electron chi connectivity index (χ1n) is 16.7. The van der Waals surface area contributed by atoms with Gasteiger partial charge in [0.05, 0.1) is 5.56 Å². The van der Waals surface area contributed by atoms with Gasteiger partial charge in [-0.1, -0.05) is 0 Å². The van der Waals surface area contributed by atoms with E-state index in [-0.39, 0.29) is 40.6 Å². The Labute approximate surface area is 259 Å². The molecule has 10 heteroatoms. The van der Waals surface area contributed by atoms with Gasteiger partial charge in [-0.3, -0.25) is 9.59 Å². The molecule has 2 saturated heterocycles. The Kier molecular flexibility index (Phi) is 7.83. The minimum Gasteiger partial charge on any atom is -0.434 e. The van der Waals surface area contributed by atoms with Gasteiger partial charge in [0.25, 0.3) is 11.8 Å². The molecule has 236 valence electrons. The number of halogens is 1. The topological polar surface area (TPSA) is 91.8 Å². The van der Waals surface area contributed by atoms with Crippen LogP contribution in [-0.2, 0) is 4.79 Å². The van der Waals surface area contributed by atoms with Crippen molar-refractivity contribution in [2.24, 2.45) is 16.7 Å². The zero-order valence-electron chi connectivity index (χ0n) is 26.1. The number of hydrogen-bond donors (Lipinski definition) is 0. The molecule has 5 aliphatic rings. The van der Waals surface area contributed by atoms with Gasteiger partial charge >= 0.3 is 0 Å². The van der Waals surface area contributed by atoms with Gasteiger partial charge in [0.1, 0.15) is 23.7 Å². The number of ketones is 1. The first-order chi connectivity index (χ1) is 21.2. The number of nitrogens with zero attached hydrogens (tertiary/aromatic N) is 6. The minimum absolute atomic E-state index is 0.00204. The molecule has 5 fully saturated rings. The maximum Gasteiger partial charge on any atom is 0.282 e. The van der Waals surface area contributed by atoms with E-state index < -0.39 is 5.82 Å². The molecule has 9 nitrogen and oxygen atoms in total. The molecule has 0 unspecified atom stereocenters. The Balaban J connectivity index is 0.958. The summed E-state index contributed by atoms with van der Waals surface area (Å²) in [5.74, 6) is 1.64. The molecule has 44 heavy (non-hydrogen) atoms. The summed E-state index contributed by atoms with van der Waals surface area (Å²) in [6, 6.07) is 4.25. The van der Waals surface area contributed by atoms with Gasteiger partial charge in [0, 0.05) is 50.0 Å². The third kappa shape index (κ3) is 5.94. The van der Waals surface area contributed by atoms with Gasteiger partial charge in [-0.05, 0) is 114 Å². The lowest BCUT2D eigenvalue weighted by atomic mass is 9.69. The number of hydrogen-bond acceptors (Lipinski definition) is 8. The fourth-order valence-corrected chi connectivity index (χ4v) is 8.42. The lowest BCUT2D eigenvalue weighted by molar-refractivity contribution is -0.118. The van der Waals surface area contributed by atoms with Crippen LogP contribution < -0.4 is 9.64 Å². The van der Waals surface area contributed by atoms with Crippen LogP contribution in [0.4, 0.5) is 10.2 Å². The maximum absolute atomic E-state index is 14.3. The zero-order valence-corrected chi connectivity index (χ0v) is 26.1. The zero-order chi connectivity index (χ0) is 30.5. The molecular weight excluding hydrogens is 559 g/mol. The molecule has 1 amide bonds. The number of rotatable bonds is 8. The molecule has 7 rings (SSSR count). The monoisotopic (exact) mass is 604 g/mol. The highest BCUT2D eigenvalue weighted by Gasteiger charge is 2.47. The smallest absolute Gasteiger partial charge is 0.282 e. The molecule has 0 N–H and O–H groups in total. The summed E-state index contributed by atoms with van der Waals surface area (Å²) in [6.45, 7) is 9.15. The van der Waals surface area contributed by atoms with Gasteiger partial charge in [0.2, 0.25) is 0 Å². The second-order valence-electron chi connectivity index (χ2n) is 14.7. The summed E-state index contributed by atoms with van der Waals surface area (Å²) < 4.78 is 20.5. The van der Waals surface area contributed by atoms with Crippen molar-refractivity contribution in [3.8, 4) is 11.6 Å². The number of amides is 1. The van der Waals surface area contributed by atoms with E-state index in [4.69, 9.17) is 4.74 Å². The van der Waals surface area contributed by atoms with Crippen molar-refractivity contribution < 1.29 is 18.7 Å². The second kappa shape index (κ2) is 11.7. The van der Waals surface area contributed by atoms with Crippen molar-refractivity contribution in [2.75, 3.05) is 37.6 Å². The minimum atomic E-state index is -0.480. The number of carbonyl (C=O) groups excluding carboxylic acids is 2. The Bertz CT molecular complexity index is 1390. The highest BCUT2D eigenvalue weighted by atomic mass is 19.1. The number of carbonyl (C=O) groups is 2. The van der Waals surface area contributed by atoms with E-state index in [0.29, 0.717) is 17.0 Å². The van der Waals surface area contributed by atoms with E-state index in [0.717, 1.165) is 77.0 Å². The number of piperidine rings is 1. The number of ether oxygens (including phenoxy) is 1. The van der Waals surface area contributed by atoms with Gasteiger partial charge in [-0.2, -0.15) is 0 Å². The van der Waals surface area contributed by atoms with E-state index >= 15 is 0 Å². The molecule has 3 aliphatic carbocycles. The number of aromatic nitrogens is 3. The third-order valence-corrected chi connectivity index (χ3v) is 11.1. The van der Waals surface area contributed by atoms with Crippen molar-refractivity contribution in [1.82, 2.24) is 25.0 Å². The molecule has 0 atom stereocenters. The Hall–Kier alpha value is -3.14. The third-order valence-electron chi connectivity index (χ3n) is 11.1. The number of anilines is 1. The normalized spacial score (nSPS) is 26.8. The van der Waals surface area contributed by atoms with Crippen LogP contribution in [0.15, 0.2) is 24.5 Å². The van der Waals surface area contributed by atoms with Crippen LogP contribution in [0, 0.1) is 22.6 Å². The predicted octanol–water partition coefficient (Wildman–Crippen LogP) is 5.65. The maximum atomic E-state index is 14.3. The average molecular weight is 605 g/mol. The molecule has 2 aromatic rings. The second-order valence-corrected chi connectivity index (χ2v) is 14.7. The standard InChI is InChI=1S/C34H45FN6O3/c1-23(2)41(26-4-5-26)32(43)28-17-25(35)3-6-29(28)44-31-30(36-22-37-38-31)40-20-34(21-40)13-15-39(16-14-34)19-24-7-10-33(11-8-24)12-9-27(42)18-33/h3,6,17,22-24,26H,4-5,7-16,18-21H2,1-2H3. The van der Waals surface area contributed by atoms with E-state index in [1.165, 1.54) is 56.8 Å². The fraction of sp³-hybridized carbons (Fsp3) is 0.676. The van der Waals surface area contributed by atoms with Crippen molar-refractivity contribution in [3.05, 3.63) is 35.9 Å². The molecule has 0 bridgehead atoms. The summed E-state index contributed by atoms with van der Waals surface area (Å²) in [6.07, 6.45) is 13.4. The van der Waals surface area contributed by atoms with Crippen LogP contribution in [0.2, 0.25) is 0 Å². The summed E-state index contributed by atoms with van der Waals surface area (Å²) in [7, 11) is 0. The molecule has 2 aliphatic heterocycles. The predicted molar refractivity (Wildman–Crippen MR) is 164 cm³/mol. The summed E-state index contributed by atoms with van der Waals surface area (Å²) in [5.41, 5.74) is 0.796. The van der Waals surface area contributed by atoms with Crippen LogP contribution in [0.3, 0.4) is 0 Å². The Morgan fingerprint density at radius 3 is 2.48 bits per heavy atom. The van der Waals surface area contributed by atoms with Crippen LogP contribution in [0.1, 0.15) is 94.8 Å². The molecule has 2 spiro atoms. The van der Waals surface area contributed by atoms with Gasteiger partial charge < -0.3 is 19.4 Å². The van der Waals surface area contributed by atoms with Crippen molar-refractivity contribution in [1.29, 1.82) is 0 Å². The number of Topliss-reactive ketones (excluding diaryl/α,β-unsaturated/α-hetero) is 1. The van der Waals surface area contributed by atoms with Gasteiger partial charge in [-0.15, -0.1) is 10.2 Å². The SMILES string of the molecule is CC(C)N(C(=O)c1cc(F)ccc1Oc1nncnc1N1CC2(CCN(CC3CCC4(CCC(=O)C4)CC3)CC2)C1)C1CC1. The Morgan fingerprint density at radius 2 is 1.82 bits per heavy atom. The lowest BCUT2D eigenvalue weighted by Crippen LogP contribution is -2.61. The summed E-state index contributed by atoms with van der Waals surface area (Å²) in [4.78, 5) is 36.6. The number of benzene rings is 1. The average Bonchev–Trinajstić information content (AvgIpc) is 3.76. The quantitative estimate of drug-likeness (QED) is 0.382. The van der Waals surface area contributed by atoms with E-state index in [2.05, 4.69) is 25.0 Å². The molecule has 1 aromatic heterocycles. The lowest BCUT2D eigenvalue weighted by Gasteiger charge is -2.54. The van der Waals surface area contributed by atoms with Crippen LogP contribution in [0.25, 0.3) is 0 Å². The van der Waals surface area contributed by atoms with Gasteiger partial charge in [0.15, 0.2) is 5.82 Å². The van der Waals surface area contributed by atoms with Crippen LogP contribution in [0.5, 0.6) is 11.6 Å². The highest BCUT2D eigenvalue weighted by Crippen LogP contribution is 2.50. The van der Waals surface area contributed by atoms with E-state index in [1.807, 2.05) is 18.7 Å². The van der Waals surface area contributed by atoms with Gasteiger partial charge in [-0.25, -0.2) is 9.37 Å². The largest absolute Gasteiger partial charge is 0.434 e. The van der Waals surface area contributed by atoms with E-state index in [9.17, 15) is 14.0 Å². The first-order valence-corrected chi connectivity index (χ1v) is 16.7.